The first-order valence-corrected chi connectivity index (χ1v) is 12.1. The Morgan fingerprint density at radius 1 is 1.09 bits per heavy atom. The number of anilines is 1. The van der Waals surface area contributed by atoms with Crippen LogP contribution in [0.25, 0.3) is 6.08 Å². The van der Waals surface area contributed by atoms with E-state index in [1.165, 1.54) is 22.9 Å². The van der Waals surface area contributed by atoms with Crippen LogP contribution in [0.3, 0.4) is 0 Å². The molecule has 5 rings (SSSR count). The van der Waals surface area contributed by atoms with Gasteiger partial charge in [-0.3, -0.25) is 9.59 Å². The van der Waals surface area contributed by atoms with Crippen LogP contribution in [0.15, 0.2) is 76.5 Å². The molecule has 4 nitrogen and oxygen atoms in total. The highest BCUT2D eigenvalue weighted by molar-refractivity contribution is 8.04. The Bertz CT molecular complexity index is 1280. The predicted molar refractivity (Wildman–Crippen MR) is 134 cm³/mol. The van der Waals surface area contributed by atoms with Crippen LogP contribution in [0.1, 0.15) is 51.5 Å². The Morgan fingerprint density at radius 3 is 2.79 bits per heavy atom. The van der Waals surface area contributed by atoms with Crippen molar-refractivity contribution in [3.63, 3.8) is 0 Å². The zero-order chi connectivity index (χ0) is 22.9. The Balaban J connectivity index is 1.38. The van der Waals surface area contributed by atoms with E-state index in [0.717, 1.165) is 41.0 Å². The van der Waals surface area contributed by atoms with Crippen LogP contribution in [0, 0.1) is 6.92 Å². The lowest BCUT2D eigenvalue weighted by atomic mass is 9.87. The lowest BCUT2D eigenvalue weighted by Crippen LogP contribution is -2.32. The standard InChI is InChI=1S/C28H26N2O2S/c1-18-7-5-8-19(15-18)16-26-28(32)30(2)24-17-21(13-14-25(24)33-26)27(31)29-23-12-6-10-20-9-3-4-11-22(20)23/h3-5,7-9,11,13-17,23H,6,10,12H2,1-2H3,(H,29,31)/b26-16-/t23-/m1/s1. The van der Waals surface area contributed by atoms with Crippen molar-refractivity contribution in [2.24, 2.45) is 0 Å². The maximum Gasteiger partial charge on any atom is 0.264 e. The van der Waals surface area contributed by atoms with Gasteiger partial charge in [-0.1, -0.05) is 65.9 Å². The SMILES string of the molecule is Cc1cccc(/C=C2\Sc3ccc(C(=O)N[C@@H]4CCCc5ccccc54)cc3N(C)C2=O)c1. The zero-order valence-corrected chi connectivity index (χ0v) is 19.6. The molecule has 2 aliphatic rings. The Morgan fingerprint density at radius 2 is 1.94 bits per heavy atom. The van der Waals surface area contributed by atoms with Crippen LogP contribution >= 0.6 is 11.8 Å². The van der Waals surface area contributed by atoms with Crippen molar-refractivity contribution < 1.29 is 9.59 Å². The molecule has 0 aromatic heterocycles. The van der Waals surface area contributed by atoms with Gasteiger partial charge in [0.1, 0.15) is 0 Å². The van der Waals surface area contributed by atoms with E-state index in [-0.39, 0.29) is 17.9 Å². The van der Waals surface area contributed by atoms with Gasteiger partial charge in [-0.05, 0) is 67.2 Å². The molecule has 0 spiro atoms. The highest BCUT2D eigenvalue weighted by atomic mass is 32.2. The fourth-order valence-corrected chi connectivity index (χ4v) is 5.68. The molecular formula is C28H26N2O2S. The number of amides is 2. The number of carbonyl (C=O) groups excluding carboxylic acids is 2. The third-order valence-corrected chi connectivity index (χ3v) is 7.41. The molecule has 0 saturated heterocycles. The van der Waals surface area contributed by atoms with Crippen molar-refractivity contribution in [2.45, 2.75) is 37.1 Å². The van der Waals surface area contributed by atoms with Gasteiger partial charge in [0.15, 0.2) is 0 Å². The summed E-state index contributed by atoms with van der Waals surface area (Å²) >= 11 is 1.45. The number of fused-ring (bicyclic) bond motifs is 2. The van der Waals surface area contributed by atoms with Crippen LogP contribution in [-0.4, -0.2) is 18.9 Å². The van der Waals surface area contributed by atoms with E-state index in [0.29, 0.717) is 10.5 Å². The molecule has 3 aromatic rings. The number of carbonyl (C=O) groups is 2. The number of benzene rings is 3. The quantitative estimate of drug-likeness (QED) is 0.501. The average Bonchev–Trinajstić information content (AvgIpc) is 2.82. The van der Waals surface area contributed by atoms with Crippen LogP contribution in [0.2, 0.25) is 0 Å². The smallest absolute Gasteiger partial charge is 0.264 e. The Kier molecular flexibility index (Phi) is 5.81. The molecule has 0 fully saturated rings. The van der Waals surface area contributed by atoms with Crippen molar-refractivity contribution in [3.8, 4) is 0 Å². The molecule has 166 valence electrons. The molecule has 0 unspecified atom stereocenters. The molecule has 1 aliphatic heterocycles. The molecule has 0 bridgehead atoms. The minimum atomic E-state index is -0.105. The summed E-state index contributed by atoms with van der Waals surface area (Å²) in [6, 6.07) is 22.1. The number of nitrogens with zero attached hydrogens (tertiary/aromatic N) is 1. The van der Waals surface area contributed by atoms with Crippen molar-refractivity contribution in [3.05, 3.63) is 99.5 Å². The number of likely N-dealkylation sites (N-methyl/N-ethyl adjacent to an activating group) is 1. The van der Waals surface area contributed by atoms with Gasteiger partial charge >= 0.3 is 0 Å². The zero-order valence-electron chi connectivity index (χ0n) is 18.8. The lowest BCUT2D eigenvalue weighted by Gasteiger charge is -2.28. The maximum absolute atomic E-state index is 13.1. The molecule has 1 N–H and O–H groups in total. The van der Waals surface area contributed by atoms with Crippen molar-refractivity contribution in [1.29, 1.82) is 0 Å². The summed E-state index contributed by atoms with van der Waals surface area (Å²) in [5.74, 6) is -0.167. The van der Waals surface area contributed by atoms with Crippen LogP contribution in [-0.2, 0) is 11.2 Å². The van der Waals surface area contributed by atoms with Crippen molar-refractivity contribution in [1.82, 2.24) is 5.32 Å². The molecule has 5 heteroatoms. The van der Waals surface area contributed by atoms with Gasteiger partial charge in [0.25, 0.3) is 11.8 Å². The largest absolute Gasteiger partial charge is 0.345 e. The third kappa shape index (κ3) is 4.33. The van der Waals surface area contributed by atoms with Crippen LogP contribution in [0.4, 0.5) is 5.69 Å². The third-order valence-electron chi connectivity index (χ3n) is 6.33. The van der Waals surface area contributed by atoms with E-state index in [9.17, 15) is 9.59 Å². The fraction of sp³-hybridized carbons (Fsp3) is 0.214. The minimum Gasteiger partial charge on any atom is -0.345 e. The van der Waals surface area contributed by atoms with Crippen molar-refractivity contribution in [2.75, 3.05) is 11.9 Å². The normalized spacial score (nSPS) is 18.6. The molecule has 3 aromatic carbocycles. The molecule has 0 saturated carbocycles. The molecule has 1 atom stereocenters. The lowest BCUT2D eigenvalue weighted by molar-refractivity contribution is -0.114. The van der Waals surface area contributed by atoms with Gasteiger partial charge < -0.3 is 10.2 Å². The molecule has 1 heterocycles. The summed E-state index contributed by atoms with van der Waals surface area (Å²) in [6.07, 6.45) is 5.00. The van der Waals surface area contributed by atoms with Crippen molar-refractivity contribution >= 4 is 35.3 Å². The van der Waals surface area contributed by atoms with E-state index < -0.39 is 0 Å². The first-order valence-electron chi connectivity index (χ1n) is 11.3. The maximum atomic E-state index is 13.1. The molecule has 2 amide bonds. The number of thioether (sulfide) groups is 1. The van der Waals surface area contributed by atoms with Gasteiger partial charge in [-0.15, -0.1) is 0 Å². The summed E-state index contributed by atoms with van der Waals surface area (Å²) < 4.78 is 0. The second kappa shape index (κ2) is 8.91. The highest BCUT2D eigenvalue weighted by Gasteiger charge is 2.28. The number of hydrogen-bond acceptors (Lipinski definition) is 3. The number of aryl methyl sites for hydroxylation is 2. The number of nitrogens with one attached hydrogen (secondary N) is 1. The van der Waals surface area contributed by atoms with E-state index in [4.69, 9.17) is 0 Å². The van der Waals surface area contributed by atoms with E-state index >= 15 is 0 Å². The van der Waals surface area contributed by atoms with Crippen LogP contribution in [0.5, 0.6) is 0 Å². The first kappa shape index (κ1) is 21.5. The molecule has 33 heavy (non-hydrogen) atoms. The summed E-state index contributed by atoms with van der Waals surface area (Å²) in [7, 11) is 1.77. The van der Waals surface area contributed by atoms with E-state index in [2.05, 4.69) is 29.6 Å². The molecule has 1 aliphatic carbocycles. The van der Waals surface area contributed by atoms with Crippen LogP contribution < -0.4 is 10.2 Å². The minimum absolute atomic E-state index is 0.0242. The average molecular weight is 455 g/mol. The van der Waals surface area contributed by atoms with Gasteiger partial charge in [-0.2, -0.15) is 0 Å². The summed E-state index contributed by atoms with van der Waals surface area (Å²) in [5, 5.41) is 3.21. The number of rotatable bonds is 3. The van der Waals surface area contributed by atoms with Gasteiger partial charge in [0.05, 0.1) is 16.6 Å². The second-order valence-electron chi connectivity index (χ2n) is 8.69. The number of hydrogen-bond donors (Lipinski definition) is 1. The monoisotopic (exact) mass is 454 g/mol. The summed E-state index contributed by atoms with van der Waals surface area (Å²) in [5.41, 5.74) is 6.03. The summed E-state index contributed by atoms with van der Waals surface area (Å²) in [4.78, 5) is 29.4. The first-order chi connectivity index (χ1) is 16.0. The Labute approximate surface area is 198 Å². The van der Waals surface area contributed by atoms with E-state index in [1.807, 2.05) is 55.5 Å². The Hall–Kier alpha value is -3.31. The van der Waals surface area contributed by atoms with E-state index in [1.54, 1.807) is 11.9 Å². The topological polar surface area (TPSA) is 49.4 Å². The second-order valence-corrected chi connectivity index (χ2v) is 9.77. The fourth-order valence-electron chi connectivity index (χ4n) is 4.59. The predicted octanol–water partition coefficient (Wildman–Crippen LogP) is 5.91. The summed E-state index contributed by atoms with van der Waals surface area (Å²) in [6.45, 7) is 2.04. The highest BCUT2D eigenvalue weighted by Crippen LogP contribution is 2.42. The van der Waals surface area contributed by atoms with Gasteiger partial charge in [-0.25, -0.2) is 0 Å². The molecule has 0 radical (unpaired) electrons. The van der Waals surface area contributed by atoms with Gasteiger partial charge in [0, 0.05) is 17.5 Å². The van der Waals surface area contributed by atoms with Gasteiger partial charge in [0.2, 0.25) is 0 Å². The molecular weight excluding hydrogens is 428 g/mol.